The predicted octanol–water partition coefficient (Wildman–Crippen LogP) is 1.63. The maximum Gasteiger partial charge on any atom is 0.195 e. The van der Waals surface area contributed by atoms with Gasteiger partial charge in [-0.05, 0) is 18.6 Å². The second-order valence-electron chi connectivity index (χ2n) is 4.77. The van der Waals surface area contributed by atoms with Crippen molar-refractivity contribution in [2.24, 2.45) is 16.5 Å². The van der Waals surface area contributed by atoms with Gasteiger partial charge in [0, 0.05) is 17.7 Å². The van der Waals surface area contributed by atoms with E-state index in [2.05, 4.69) is 17.2 Å². The van der Waals surface area contributed by atoms with Crippen LogP contribution in [0.15, 0.2) is 41.4 Å². The van der Waals surface area contributed by atoms with Crippen molar-refractivity contribution in [1.29, 1.82) is 5.41 Å². The van der Waals surface area contributed by atoms with Gasteiger partial charge in [-0.2, -0.15) is 0 Å². The van der Waals surface area contributed by atoms with Gasteiger partial charge in [-0.3, -0.25) is 25.3 Å². The molecule has 8 heteroatoms. The maximum atomic E-state index is 11.2. The Labute approximate surface area is 147 Å². The molecule has 0 radical (unpaired) electrons. The highest BCUT2D eigenvalue weighted by Gasteiger charge is 2.16. The Morgan fingerprint density at radius 2 is 1.62 bits per heavy atom. The van der Waals surface area contributed by atoms with Crippen molar-refractivity contribution < 1.29 is 9.59 Å². The van der Waals surface area contributed by atoms with E-state index < -0.39 is 0 Å². The molecule has 1 aromatic rings. The zero-order valence-electron chi connectivity index (χ0n) is 13.4. The average molecular weight is 352 g/mol. The minimum Gasteiger partial charge on any atom is -0.370 e. The molecule has 2 rings (SSSR count). The van der Waals surface area contributed by atoms with Crippen LogP contribution in [-0.4, -0.2) is 30.0 Å². The van der Waals surface area contributed by atoms with Crippen LogP contribution in [0.2, 0.25) is 0 Å². The number of ketones is 2. The van der Waals surface area contributed by atoms with E-state index in [0.717, 1.165) is 12.8 Å². The average Bonchev–Trinajstić information content (AvgIpc) is 2.51. The third-order valence-corrected chi connectivity index (χ3v) is 2.90. The van der Waals surface area contributed by atoms with E-state index in [-0.39, 0.29) is 35.9 Å². The van der Waals surface area contributed by atoms with Gasteiger partial charge in [-0.1, -0.05) is 37.6 Å². The van der Waals surface area contributed by atoms with E-state index >= 15 is 0 Å². The summed E-state index contributed by atoms with van der Waals surface area (Å²) in [6.07, 6.45) is 4.70. The Bertz CT molecular complexity index is 619. The van der Waals surface area contributed by atoms with E-state index in [0.29, 0.717) is 17.7 Å². The first-order valence-electron chi connectivity index (χ1n) is 7.22. The lowest BCUT2D eigenvalue weighted by Gasteiger charge is -2.06. The number of nitrogens with two attached hydrogens (primary N) is 2. The molecule has 7 nitrogen and oxygen atoms in total. The van der Waals surface area contributed by atoms with Crippen molar-refractivity contribution >= 4 is 35.9 Å². The highest BCUT2D eigenvalue weighted by molar-refractivity contribution is 6.21. The second-order valence-corrected chi connectivity index (χ2v) is 4.77. The fraction of sp³-hybridized carbons (Fsp3) is 0.250. The maximum absolute atomic E-state index is 11.2. The van der Waals surface area contributed by atoms with Gasteiger partial charge in [0.1, 0.15) is 0 Å². The fourth-order valence-electron chi connectivity index (χ4n) is 1.78. The van der Waals surface area contributed by atoms with Gasteiger partial charge in [-0.15, -0.1) is 12.4 Å². The van der Waals surface area contributed by atoms with E-state index in [4.69, 9.17) is 16.9 Å². The molecule has 1 aliphatic carbocycles. The molecule has 0 heterocycles. The predicted molar refractivity (Wildman–Crippen MR) is 97.9 cm³/mol. The van der Waals surface area contributed by atoms with Gasteiger partial charge in [0.2, 0.25) is 0 Å². The van der Waals surface area contributed by atoms with Gasteiger partial charge >= 0.3 is 0 Å². The molecule has 0 saturated carbocycles. The highest BCUT2D eigenvalue weighted by Crippen LogP contribution is 2.15. The molecule has 130 valence electrons. The third kappa shape index (κ3) is 7.06. The largest absolute Gasteiger partial charge is 0.370 e. The lowest BCUT2D eigenvalue weighted by molar-refractivity contribution is 0.0994. The van der Waals surface area contributed by atoms with Crippen LogP contribution in [-0.2, 0) is 0 Å². The summed E-state index contributed by atoms with van der Waals surface area (Å²) in [6.45, 7) is 2.76. The van der Waals surface area contributed by atoms with Crippen LogP contribution in [0.3, 0.4) is 0 Å². The molecule has 6 N–H and O–H groups in total. The van der Waals surface area contributed by atoms with Crippen molar-refractivity contribution in [3.05, 3.63) is 47.5 Å². The number of hydrogen-bond donors (Lipinski definition) is 4. The number of carbonyl (C=O) groups is 2. The zero-order valence-corrected chi connectivity index (χ0v) is 14.2. The summed E-state index contributed by atoms with van der Waals surface area (Å²) in [7, 11) is 0. The minimum atomic E-state index is -0.178. The van der Waals surface area contributed by atoms with Crippen molar-refractivity contribution in [3.8, 4) is 0 Å². The SMILES string of the molecule is CCCCN=C(N)NC(=N)N.Cl.O=C1C=CC(=O)c2ccccc21. The molecule has 0 unspecified atom stereocenters. The normalized spacial score (nSPS) is 12.5. The quantitative estimate of drug-likeness (QED) is 0.373. The summed E-state index contributed by atoms with van der Waals surface area (Å²) < 4.78 is 0. The summed E-state index contributed by atoms with van der Waals surface area (Å²) in [5, 5.41) is 9.20. The number of nitrogens with one attached hydrogen (secondary N) is 2. The van der Waals surface area contributed by atoms with Gasteiger partial charge < -0.3 is 11.5 Å². The number of aliphatic imine (C=N–C) groups is 1. The number of hydrogen-bond acceptors (Lipinski definition) is 4. The Morgan fingerprint density at radius 3 is 2.04 bits per heavy atom. The van der Waals surface area contributed by atoms with Crippen LogP contribution in [0.4, 0.5) is 0 Å². The summed E-state index contributed by atoms with van der Waals surface area (Å²) in [6, 6.07) is 6.84. The van der Waals surface area contributed by atoms with Crippen molar-refractivity contribution in [2.75, 3.05) is 6.54 Å². The van der Waals surface area contributed by atoms with Crippen molar-refractivity contribution in [1.82, 2.24) is 5.32 Å². The first-order valence-corrected chi connectivity index (χ1v) is 7.22. The Balaban J connectivity index is 0.000000426. The Kier molecular flexibility index (Phi) is 9.74. The van der Waals surface area contributed by atoms with Crippen LogP contribution in [0.25, 0.3) is 0 Å². The van der Waals surface area contributed by atoms with Crippen LogP contribution >= 0.6 is 12.4 Å². The van der Waals surface area contributed by atoms with Crippen LogP contribution in [0, 0.1) is 5.41 Å². The topological polar surface area (TPSA) is 134 Å². The lowest BCUT2D eigenvalue weighted by atomic mass is 9.95. The van der Waals surface area contributed by atoms with Gasteiger partial charge in [0.15, 0.2) is 23.5 Å². The molecule has 0 spiro atoms. The second kappa shape index (κ2) is 11.0. The number of fused-ring (bicyclic) bond motifs is 1. The van der Waals surface area contributed by atoms with Crippen LogP contribution in [0.5, 0.6) is 0 Å². The minimum absolute atomic E-state index is 0. The standard InChI is InChI=1S/C10H6O2.C6H15N5.ClH/c11-9-5-6-10(12)8-4-2-1-3-7(8)9;1-2-3-4-10-6(9)11-5(7)8;/h1-6H;2-4H2,1H3,(H6,7,8,9,10,11);1H. The first kappa shape index (κ1) is 21.3. The summed E-state index contributed by atoms with van der Waals surface area (Å²) in [4.78, 5) is 26.3. The third-order valence-electron chi connectivity index (χ3n) is 2.90. The summed E-state index contributed by atoms with van der Waals surface area (Å²) in [5.74, 6) is -0.149. The number of guanidine groups is 2. The zero-order chi connectivity index (χ0) is 17.2. The molecular formula is C16H22ClN5O2. The van der Waals surface area contributed by atoms with Gasteiger partial charge in [0.25, 0.3) is 0 Å². The molecule has 0 bridgehead atoms. The molecule has 0 atom stereocenters. The molecule has 0 aromatic heterocycles. The number of unbranched alkanes of at least 4 members (excludes halogenated alkanes) is 1. The fourth-order valence-corrected chi connectivity index (χ4v) is 1.78. The Morgan fingerprint density at radius 1 is 1.12 bits per heavy atom. The Hall–Kier alpha value is -2.67. The van der Waals surface area contributed by atoms with Crippen molar-refractivity contribution in [3.63, 3.8) is 0 Å². The van der Waals surface area contributed by atoms with Crippen LogP contribution < -0.4 is 16.8 Å². The smallest absolute Gasteiger partial charge is 0.195 e. The van der Waals surface area contributed by atoms with E-state index in [1.54, 1.807) is 24.3 Å². The number of nitrogens with zero attached hydrogens (tertiary/aromatic N) is 1. The van der Waals surface area contributed by atoms with E-state index in [9.17, 15) is 9.59 Å². The molecule has 1 aliphatic rings. The summed E-state index contributed by atoms with van der Waals surface area (Å²) in [5.41, 5.74) is 11.4. The molecule has 0 saturated heterocycles. The summed E-state index contributed by atoms with van der Waals surface area (Å²) >= 11 is 0. The van der Waals surface area contributed by atoms with Gasteiger partial charge in [0.05, 0.1) is 0 Å². The molecule has 24 heavy (non-hydrogen) atoms. The first-order chi connectivity index (χ1) is 11.0. The molecule has 0 fully saturated rings. The monoisotopic (exact) mass is 351 g/mol. The molecule has 0 amide bonds. The lowest BCUT2D eigenvalue weighted by Crippen LogP contribution is -2.40. The van der Waals surface area contributed by atoms with Crippen molar-refractivity contribution in [2.45, 2.75) is 19.8 Å². The van der Waals surface area contributed by atoms with E-state index in [1.807, 2.05) is 0 Å². The number of rotatable bonds is 3. The van der Waals surface area contributed by atoms with E-state index in [1.165, 1.54) is 12.2 Å². The number of benzene rings is 1. The number of allylic oxidation sites excluding steroid dienone is 2. The number of halogens is 1. The molecular weight excluding hydrogens is 330 g/mol. The molecule has 0 aliphatic heterocycles. The number of carbonyl (C=O) groups excluding carboxylic acids is 2. The van der Waals surface area contributed by atoms with Gasteiger partial charge in [-0.25, -0.2) is 0 Å². The van der Waals surface area contributed by atoms with Crippen LogP contribution in [0.1, 0.15) is 40.5 Å². The molecule has 1 aromatic carbocycles. The highest BCUT2D eigenvalue weighted by atomic mass is 35.5.